The molecule has 0 aromatic carbocycles. The molecule has 5 nitrogen and oxygen atoms in total. The minimum absolute atomic E-state index is 0.00210. The Hall–Kier alpha value is -2.05. The lowest BCUT2D eigenvalue weighted by molar-refractivity contribution is -0.613. The van der Waals surface area contributed by atoms with Gasteiger partial charge in [0.2, 0.25) is 0 Å². The van der Waals surface area contributed by atoms with Crippen LogP contribution in [-0.4, -0.2) is 29.3 Å². The van der Waals surface area contributed by atoms with Gasteiger partial charge in [0.25, 0.3) is 0 Å². The number of ether oxygens (including phenoxy) is 2. The first kappa shape index (κ1) is 15.5. The number of aryl methyl sites for hydroxylation is 1. The first-order valence-electron chi connectivity index (χ1n) is 7.88. The van der Waals surface area contributed by atoms with Crippen molar-refractivity contribution >= 4 is 24.1 Å². The van der Waals surface area contributed by atoms with E-state index in [1.54, 1.807) is 26.2 Å². The molecule has 0 spiro atoms. The number of fused-ring (bicyclic) bond motifs is 5. The molecule has 0 saturated heterocycles. The summed E-state index contributed by atoms with van der Waals surface area (Å²) in [4.78, 5) is 4.87. The largest absolute Gasteiger partial charge is 0.496 e. The van der Waals surface area contributed by atoms with Crippen LogP contribution in [0.1, 0.15) is 28.2 Å². The van der Waals surface area contributed by atoms with Gasteiger partial charge in [-0.25, -0.2) is 4.57 Å². The summed E-state index contributed by atoms with van der Waals surface area (Å²) in [6.07, 6.45) is 10.3. The summed E-state index contributed by atoms with van der Waals surface area (Å²) in [6.45, 7) is 4.19. The summed E-state index contributed by atoms with van der Waals surface area (Å²) in [5.74, 6) is 2.78. The molecule has 24 heavy (non-hydrogen) atoms. The van der Waals surface area contributed by atoms with Gasteiger partial charge in [0.05, 0.1) is 25.2 Å². The lowest BCUT2D eigenvalue weighted by Gasteiger charge is -2.18. The minimum Gasteiger partial charge on any atom is -0.496 e. The molecule has 2 aromatic rings. The minimum atomic E-state index is -0.00210. The van der Waals surface area contributed by atoms with E-state index < -0.39 is 0 Å². The van der Waals surface area contributed by atoms with Crippen molar-refractivity contribution in [2.24, 2.45) is 0 Å². The fourth-order valence-electron chi connectivity index (χ4n) is 3.30. The number of pyridine rings is 1. The predicted octanol–water partition coefficient (Wildman–Crippen LogP) is 2.85. The van der Waals surface area contributed by atoms with Crippen molar-refractivity contribution in [3.8, 4) is 11.7 Å². The Morgan fingerprint density at radius 1 is 1.25 bits per heavy atom. The van der Waals surface area contributed by atoms with Crippen molar-refractivity contribution in [2.75, 3.05) is 14.2 Å². The molecule has 1 aliphatic carbocycles. The summed E-state index contributed by atoms with van der Waals surface area (Å²) in [7, 11) is 3.44. The smallest absolute Gasteiger partial charge is 0.415 e. The predicted molar refractivity (Wildman–Crippen MR) is 95.3 cm³/mol. The number of hydrogen-bond acceptors (Lipinski definition) is 4. The highest BCUT2D eigenvalue weighted by Crippen LogP contribution is 2.33. The van der Waals surface area contributed by atoms with Crippen LogP contribution in [0.15, 0.2) is 18.3 Å². The van der Waals surface area contributed by atoms with Gasteiger partial charge < -0.3 is 9.47 Å². The van der Waals surface area contributed by atoms with E-state index in [0.29, 0.717) is 0 Å². The summed E-state index contributed by atoms with van der Waals surface area (Å²) in [5.41, 5.74) is 5.61. The van der Waals surface area contributed by atoms with E-state index in [1.165, 1.54) is 11.3 Å². The molecule has 2 aliphatic rings. The van der Waals surface area contributed by atoms with E-state index in [0.717, 1.165) is 34.4 Å². The van der Waals surface area contributed by atoms with Crippen molar-refractivity contribution in [1.29, 1.82) is 0 Å². The summed E-state index contributed by atoms with van der Waals surface area (Å²) < 4.78 is 15.3. The normalized spacial score (nSPS) is 17.9. The molecule has 2 aromatic heterocycles. The van der Waals surface area contributed by atoms with Crippen LogP contribution in [0, 0.1) is 13.8 Å². The van der Waals surface area contributed by atoms with E-state index >= 15 is 0 Å². The lowest BCUT2D eigenvalue weighted by Crippen LogP contribution is -2.42. The maximum atomic E-state index is 5.57. The van der Waals surface area contributed by atoms with Gasteiger partial charge in [-0.1, -0.05) is 4.98 Å². The van der Waals surface area contributed by atoms with Crippen molar-refractivity contribution in [2.45, 2.75) is 25.7 Å². The Balaban J connectivity index is 1.90. The molecule has 1 atom stereocenters. The molecule has 0 saturated carbocycles. The van der Waals surface area contributed by atoms with Gasteiger partial charge in [-0.05, 0) is 38.2 Å². The highest BCUT2D eigenvalue weighted by Gasteiger charge is 2.33. The standard InChI is InChI=1S/C18H20N3O2S/c1-11-9-20-16(12(2)17(11)23-4)10-24-21-15-8-6-13(22-3)5-7-14(15)19-18(20)21/h5-9,13H,10H2,1-4H3/q+1. The van der Waals surface area contributed by atoms with Gasteiger partial charge >= 0.3 is 5.95 Å². The van der Waals surface area contributed by atoms with Gasteiger partial charge in [0.1, 0.15) is 11.4 Å². The number of hydrogen-bond donors (Lipinski definition) is 0. The molecule has 0 amide bonds. The number of aromatic nitrogens is 3. The second-order valence-corrected chi connectivity index (χ2v) is 6.87. The average Bonchev–Trinajstić information content (AvgIpc) is 2.81. The van der Waals surface area contributed by atoms with Crippen LogP contribution in [0.3, 0.4) is 0 Å². The zero-order chi connectivity index (χ0) is 16.8. The van der Waals surface area contributed by atoms with E-state index in [2.05, 4.69) is 40.7 Å². The Kier molecular flexibility index (Phi) is 3.73. The lowest BCUT2D eigenvalue weighted by atomic mass is 10.1. The maximum absolute atomic E-state index is 5.57. The van der Waals surface area contributed by atoms with Gasteiger partial charge in [-0.3, -0.25) is 0 Å². The van der Waals surface area contributed by atoms with Gasteiger partial charge in [-0.15, -0.1) is 0 Å². The number of methoxy groups -OCH3 is 2. The molecule has 0 fully saturated rings. The molecule has 4 rings (SSSR count). The highest BCUT2D eigenvalue weighted by molar-refractivity contribution is 7.97. The average molecular weight is 342 g/mol. The van der Waals surface area contributed by atoms with Gasteiger partial charge in [-0.2, -0.15) is 3.97 Å². The highest BCUT2D eigenvalue weighted by atomic mass is 32.2. The molecule has 124 valence electrons. The number of imidazole rings is 1. The van der Waals surface area contributed by atoms with Gasteiger partial charge in [0, 0.05) is 30.2 Å². The second-order valence-electron chi connectivity index (χ2n) is 5.96. The third kappa shape index (κ3) is 2.21. The molecule has 0 radical (unpaired) electrons. The van der Waals surface area contributed by atoms with Gasteiger partial charge in [0.15, 0.2) is 11.4 Å². The van der Waals surface area contributed by atoms with E-state index in [4.69, 9.17) is 14.5 Å². The van der Waals surface area contributed by atoms with Crippen LogP contribution in [0.4, 0.5) is 0 Å². The summed E-state index contributed by atoms with van der Waals surface area (Å²) >= 11 is 1.76. The Morgan fingerprint density at radius 3 is 2.79 bits per heavy atom. The zero-order valence-corrected chi connectivity index (χ0v) is 15.1. The quantitative estimate of drug-likeness (QED) is 0.787. The van der Waals surface area contributed by atoms with Crippen molar-refractivity contribution in [1.82, 2.24) is 8.96 Å². The van der Waals surface area contributed by atoms with Crippen LogP contribution in [0.5, 0.6) is 5.75 Å². The van der Waals surface area contributed by atoms with Crippen LogP contribution in [0.25, 0.3) is 18.1 Å². The molecule has 6 heteroatoms. The first-order valence-corrected chi connectivity index (χ1v) is 8.82. The zero-order valence-electron chi connectivity index (χ0n) is 14.2. The molecule has 1 aliphatic heterocycles. The van der Waals surface area contributed by atoms with Crippen molar-refractivity contribution < 1.29 is 14.0 Å². The summed E-state index contributed by atoms with van der Waals surface area (Å²) in [6, 6.07) is 0. The topological polar surface area (TPSA) is 40.2 Å². The molecule has 1 unspecified atom stereocenters. The number of nitrogens with zero attached hydrogens (tertiary/aromatic N) is 3. The molecular formula is C18H20N3O2S+. The van der Waals surface area contributed by atoms with Crippen LogP contribution < -0.4 is 9.30 Å². The Morgan fingerprint density at radius 2 is 2.04 bits per heavy atom. The van der Waals surface area contributed by atoms with Crippen molar-refractivity contribution in [3.63, 3.8) is 0 Å². The van der Waals surface area contributed by atoms with E-state index in [-0.39, 0.29) is 6.10 Å². The monoisotopic (exact) mass is 342 g/mol. The Bertz CT molecular complexity index is 883. The maximum Gasteiger partial charge on any atom is 0.415 e. The van der Waals surface area contributed by atoms with Crippen LogP contribution in [-0.2, 0) is 10.5 Å². The summed E-state index contributed by atoms with van der Waals surface area (Å²) in [5, 5.41) is 0. The molecular weight excluding hydrogens is 322 g/mol. The van der Waals surface area contributed by atoms with Crippen LogP contribution >= 0.6 is 11.9 Å². The molecule has 0 bridgehead atoms. The SMILES string of the molecule is COc1c(C)c[n+]2c(c1C)CSn1c-2nc2c1C=CC(OC)C=C2. The van der Waals surface area contributed by atoms with E-state index in [1.807, 2.05) is 12.2 Å². The van der Waals surface area contributed by atoms with Crippen LogP contribution in [0.2, 0.25) is 0 Å². The molecule has 3 heterocycles. The second kappa shape index (κ2) is 5.79. The molecule has 0 N–H and O–H groups in total. The van der Waals surface area contributed by atoms with Crippen molar-refractivity contribution in [3.05, 3.63) is 46.6 Å². The Labute approximate surface area is 145 Å². The third-order valence-electron chi connectivity index (χ3n) is 4.54. The fraction of sp³-hybridized carbons (Fsp3) is 0.333. The number of rotatable bonds is 2. The fourth-order valence-corrected chi connectivity index (χ4v) is 4.45. The third-order valence-corrected chi connectivity index (χ3v) is 5.56. The van der Waals surface area contributed by atoms with E-state index in [9.17, 15) is 0 Å². The first-order chi connectivity index (χ1) is 11.6.